The molecule has 31 heavy (non-hydrogen) atoms. The van der Waals surface area contributed by atoms with Crippen LogP contribution in [-0.2, 0) is 4.74 Å². The summed E-state index contributed by atoms with van der Waals surface area (Å²) in [5.74, 6) is 0.0419. The van der Waals surface area contributed by atoms with E-state index in [2.05, 4.69) is 9.97 Å². The maximum atomic E-state index is 12.5. The van der Waals surface area contributed by atoms with Crippen LogP contribution in [0.2, 0.25) is 5.02 Å². The van der Waals surface area contributed by atoms with Gasteiger partial charge in [-0.1, -0.05) is 11.6 Å². The third kappa shape index (κ3) is 3.54. The summed E-state index contributed by atoms with van der Waals surface area (Å²) >= 11 is 5.95. The first-order valence-electron chi connectivity index (χ1n) is 10.2. The molecule has 1 N–H and O–H groups in total. The number of piperidine rings is 1. The normalized spacial score (nSPS) is 20.6. The van der Waals surface area contributed by atoms with Crippen LogP contribution in [0.15, 0.2) is 34.9 Å². The van der Waals surface area contributed by atoms with Gasteiger partial charge in [0.05, 0.1) is 22.8 Å². The number of hydrogen-bond donors (Lipinski definition) is 1. The highest BCUT2D eigenvalue weighted by Gasteiger charge is 2.49. The van der Waals surface area contributed by atoms with Gasteiger partial charge in [-0.25, -0.2) is 4.79 Å². The number of anilines is 1. The number of aromatic nitrogens is 2. The Morgan fingerprint density at radius 3 is 2.61 bits per heavy atom. The zero-order chi connectivity index (χ0) is 21.9. The molecule has 2 atom stereocenters. The molecule has 3 aliphatic heterocycles. The minimum atomic E-state index is -0.523. The number of rotatable bonds is 2. The van der Waals surface area contributed by atoms with Crippen LogP contribution < -0.4 is 4.90 Å². The Kier molecular flexibility index (Phi) is 4.51. The standard InChI is InChI=1S/C22H23ClN4O4/c1-22(2,3)31-21(29)27-13-8-14(27)11-26(10-13)20-25-18-17(28)7-5-15(19(18)30-20)16-6-4-12(23)9-24-16/h4-7,9,13-14,28H,8,10-11H2,1-3H3. The summed E-state index contributed by atoms with van der Waals surface area (Å²) in [6, 6.07) is 7.40. The predicted molar refractivity (Wildman–Crippen MR) is 116 cm³/mol. The molecule has 0 saturated carbocycles. The number of pyridine rings is 1. The number of hydrogen-bond acceptors (Lipinski definition) is 7. The highest BCUT2D eigenvalue weighted by Crippen LogP contribution is 2.39. The second-order valence-corrected chi connectivity index (χ2v) is 9.44. The number of carbonyl (C=O) groups excluding carboxylic acids is 1. The van der Waals surface area contributed by atoms with Crippen LogP contribution in [0.1, 0.15) is 27.2 Å². The van der Waals surface area contributed by atoms with Crippen molar-refractivity contribution in [3.8, 4) is 17.0 Å². The van der Waals surface area contributed by atoms with Crippen LogP contribution in [-0.4, -0.2) is 56.8 Å². The summed E-state index contributed by atoms with van der Waals surface area (Å²) in [6.45, 7) is 6.79. The molecule has 5 heterocycles. The topological polar surface area (TPSA) is 91.9 Å². The Morgan fingerprint density at radius 1 is 1.23 bits per heavy atom. The Morgan fingerprint density at radius 2 is 1.97 bits per heavy atom. The van der Waals surface area contributed by atoms with Gasteiger partial charge in [-0.15, -0.1) is 0 Å². The number of benzene rings is 1. The number of aromatic hydroxyl groups is 1. The van der Waals surface area contributed by atoms with Gasteiger partial charge in [0.2, 0.25) is 0 Å². The summed E-state index contributed by atoms with van der Waals surface area (Å²) in [4.78, 5) is 25.2. The largest absolute Gasteiger partial charge is 0.506 e. The van der Waals surface area contributed by atoms with E-state index in [1.165, 1.54) is 0 Å². The third-order valence-corrected chi connectivity index (χ3v) is 5.81. The van der Waals surface area contributed by atoms with Crippen molar-refractivity contribution in [2.45, 2.75) is 44.9 Å². The van der Waals surface area contributed by atoms with Crippen molar-refractivity contribution in [1.82, 2.24) is 14.9 Å². The van der Waals surface area contributed by atoms with Crippen molar-refractivity contribution in [3.05, 3.63) is 35.5 Å². The SMILES string of the molecule is CC(C)(C)OC(=O)N1C2CC1CN(c1nc3c(O)ccc(-c4ccc(Cl)cn4)c3o1)C2. The molecule has 3 saturated heterocycles. The van der Waals surface area contributed by atoms with E-state index in [0.717, 1.165) is 12.0 Å². The van der Waals surface area contributed by atoms with Crippen molar-refractivity contribution in [2.24, 2.45) is 0 Å². The number of oxazole rings is 1. The zero-order valence-electron chi connectivity index (χ0n) is 17.5. The van der Waals surface area contributed by atoms with E-state index in [4.69, 9.17) is 20.8 Å². The number of carbonyl (C=O) groups is 1. The minimum absolute atomic E-state index is 0.0419. The lowest BCUT2D eigenvalue weighted by molar-refractivity contribution is -0.0386. The van der Waals surface area contributed by atoms with Crippen molar-refractivity contribution in [3.63, 3.8) is 0 Å². The van der Waals surface area contributed by atoms with Gasteiger partial charge < -0.3 is 19.2 Å². The fraction of sp³-hybridized carbons (Fsp3) is 0.409. The molecule has 3 aliphatic rings. The van der Waals surface area contributed by atoms with Crippen molar-refractivity contribution < 1.29 is 19.1 Å². The summed E-state index contributed by atoms with van der Waals surface area (Å²) in [7, 11) is 0. The number of nitrogens with zero attached hydrogens (tertiary/aromatic N) is 4. The van der Waals surface area contributed by atoms with Crippen molar-refractivity contribution in [1.29, 1.82) is 0 Å². The van der Waals surface area contributed by atoms with Crippen LogP contribution in [0.25, 0.3) is 22.4 Å². The fourth-order valence-corrected chi connectivity index (χ4v) is 4.34. The van der Waals surface area contributed by atoms with Crippen molar-refractivity contribution >= 4 is 34.8 Å². The monoisotopic (exact) mass is 442 g/mol. The van der Waals surface area contributed by atoms with Crippen LogP contribution in [0.5, 0.6) is 5.75 Å². The predicted octanol–water partition coefficient (Wildman–Crippen LogP) is 4.45. The molecular formula is C22H23ClN4O4. The number of phenols is 1. The van der Waals surface area contributed by atoms with Gasteiger partial charge in [0.1, 0.15) is 11.4 Å². The molecule has 162 valence electrons. The summed E-state index contributed by atoms with van der Waals surface area (Å²) in [5, 5.41) is 10.9. The Bertz CT molecular complexity index is 1140. The molecule has 8 nitrogen and oxygen atoms in total. The van der Waals surface area contributed by atoms with E-state index in [9.17, 15) is 9.90 Å². The minimum Gasteiger partial charge on any atom is -0.506 e. The second-order valence-electron chi connectivity index (χ2n) is 9.00. The van der Waals surface area contributed by atoms with E-state index < -0.39 is 5.60 Å². The Balaban J connectivity index is 1.41. The van der Waals surface area contributed by atoms with Crippen LogP contribution in [0.4, 0.5) is 10.8 Å². The van der Waals surface area contributed by atoms with Crippen LogP contribution in [0, 0.1) is 0 Å². The molecule has 2 aromatic heterocycles. The van der Waals surface area contributed by atoms with Gasteiger partial charge in [-0.3, -0.25) is 9.88 Å². The van der Waals surface area contributed by atoms with Crippen molar-refractivity contribution in [2.75, 3.05) is 18.0 Å². The maximum Gasteiger partial charge on any atom is 0.410 e. The lowest BCUT2D eigenvalue weighted by Gasteiger charge is -2.55. The van der Waals surface area contributed by atoms with Crippen LogP contribution >= 0.6 is 11.6 Å². The van der Waals surface area contributed by atoms with E-state index in [1.54, 1.807) is 30.5 Å². The molecule has 3 aromatic rings. The molecule has 0 spiro atoms. The first kappa shape index (κ1) is 19.9. The second kappa shape index (κ2) is 7.02. The highest BCUT2D eigenvalue weighted by atomic mass is 35.5. The average molecular weight is 443 g/mol. The van der Waals surface area contributed by atoms with E-state index in [1.807, 2.05) is 30.6 Å². The van der Waals surface area contributed by atoms with E-state index in [-0.39, 0.29) is 23.9 Å². The number of halogens is 1. The third-order valence-electron chi connectivity index (χ3n) is 5.58. The quantitative estimate of drug-likeness (QED) is 0.626. The van der Waals surface area contributed by atoms with Gasteiger partial charge >= 0.3 is 6.09 Å². The first-order valence-corrected chi connectivity index (χ1v) is 10.6. The summed E-state index contributed by atoms with van der Waals surface area (Å²) in [6.07, 6.45) is 2.22. The van der Waals surface area contributed by atoms with Gasteiger partial charge in [-0.05, 0) is 51.5 Å². The number of fused-ring (bicyclic) bond motifs is 3. The molecule has 2 bridgehead atoms. The van der Waals surface area contributed by atoms with E-state index >= 15 is 0 Å². The molecule has 6 rings (SSSR count). The molecule has 1 amide bonds. The van der Waals surface area contributed by atoms with Gasteiger partial charge in [-0.2, -0.15) is 4.98 Å². The number of phenolic OH excluding ortho intramolecular Hbond substituents is 1. The van der Waals surface area contributed by atoms with E-state index in [0.29, 0.717) is 40.9 Å². The van der Waals surface area contributed by atoms with Gasteiger partial charge in [0.25, 0.3) is 6.01 Å². The molecule has 9 heteroatoms. The Hall–Kier alpha value is -3.00. The highest BCUT2D eigenvalue weighted by molar-refractivity contribution is 6.30. The van der Waals surface area contributed by atoms with Gasteiger partial charge in [0, 0.05) is 24.8 Å². The molecule has 3 fully saturated rings. The molecule has 0 aliphatic carbocycles. The maximum absolute atomic E-state index is 12.5. The lowest BCUT2D eigenvalue weighted by Crippen LogP contribution is -2.70. The molecule has 1 aromatic carbocycles. The smallest absolute Gasteiger partial charge is 0.410 e. The summed E-state index contributed by atoms with van der Waals surface area (Å²) < 4.78 is 11.6. The first-order chi connectivity index (χ1) is 14.7. The fourth-order valence-electron chi connectivity index (χ4n) is 4.23. The molecular weight excluding hydrogens is 420 g/mol. The zero-order valence-corrected chi connectivity index (χ0v) is 18.3. The molecule has 2 unspecified atom stereocenters. The molecule has 0 radical (unpaired) electrons. The Labute approximate surface area is 184 Å². The van der Waals surface area contributed by atoms with Gasteiger partial charge in [0.15, 0.2) is 11.1 Å². The number of piperazine rings is 1. The summed E-state index contributed by atoms with van der Waals surface area (Å²) in [5.41, 5.74) is 1.72. The lowest BCUT2D eigenvalue weighted by atomic mass is 9.88. The van der Waals surface area contributed by atoms with Crippen LogP contribution in [0.3, 0.4) is 0 Å². The number of ether oxygens (including phenoxy) is 1. The number of amides is 1. The average Bonchev–Trinajstić information content (AvgIpc) is 3.14.